The number of nitrogens with zero attached hydrogens (tertiary/aromatic N) is 1. The van der Waals surface area contributed by atoms with Crippen molar-refractivity contribution in [3.8, 4) is 0 Å². The zero-order valence-corrected chi connectivity index (χ0v) is 15.3. The Morgan fingerprint density at radius 2 is 2.16 bits per heavy atom. The summed E-state index contributed by atoms with van der Waals surface area (Å²) in [5, 5.41) is 4.89. The van der Waals surface area contributed by atoms with Crippen LogP contribution in [0.1, 0.15) is 43.0 Å². The second-order valence-electron chi connectivity index (χ2n) is 7.22. The molecule has 3 nitrogen and oxygen atoms in total. The molecule has 0 spiro atoms. The SMILES string of the molecule is C[C@H](CNC(=O)[C@@H]1CCCC[C@@H]1C(F)(F)F)N1CCc2sccc2C1. The van der Waals surface area contributed by atoms with Gasteiger partial charge in [0.2, 0.25) is 5.91 Å². The molecule has 1 fully saturated rings. The fourth-order valence-corrected chi connectivity index (χ4v) is 4.88. The predicted octanol–water partition coefficient (Wildman–Crippen LogP) is 3.98. The van der Waals surface area contributed by atoms with Crippen LogP contribution >= 0.6 is 11.3 Å². The number of thiophene rings is 1. The molecule has 1 aliphatic carbocycles. The van der Waals surface area contributed by atoms with Gasteiger partial charge in [0.25, 0.3) is 0 Å². The molecule has 7 heteroatoms. The molecule has 0 radical (unpaired) electrons. The standard InChI is InChI=1S/C18H25F3N2OS/c1-12(23-8-6-16-13(11-23)7-9-25-16)10-22-17(24)14-4-2-3-5-15(14)18(19,20)21/h7,9,12,14-15H,2-6,8,10-11H2,1H3,(H,22,24)/t12-,14-,15+/m1/s1. The average Bonchev–Trinajstić information content (AvgIpc) is 3.06. The number of hydrogen-bond acceptors (Lipinski definition) is 3. The van der Waals surface area contributed by atoms with E-state index in [9.17, 15) is 18.0 Å². The van der Waals surface area contributed by atoms with Crippen LogP contribution in [-0.2, 0) is 17.8 Å². The van der Waals surface area contributed by atoms with E-state index in [-0.39, 0.29) is 12.5 Å². The van der Waals surface area contributed by atoms with Gasteiger partial charge in [-0.05, 0) is 43.2 Å². The lowest BCUT2D eigenvalue weighted by Crippen LogP contribution is -2.48. The molecule has 140 valence electrons. The van der Waals surface area contributed by atoms with Crippen LogP contribution in [0.15, 0.2) is 11.4 Å². The van der Waals surface area contributed by atoms with Crippen molar-refractivity contribution in [3.63, 3.8) is 0 Å². The van der Waals surface area contributed by atoms with Crippen LogP contribution in [0.4, 0.5) is 13.2 Å². The summed E-state index contributed by atoms with van der Waals surface area (Å²) in [4.78, 5) is 16.1. The molecule has 0 bridgehead atoms. The quantitative estimate of drug-likeness (QED) is 0.865. The first-order chi connectivity index (χ1) is 11.9. The molecule has 0 saturated heterocycles. The monoisotopic (exact) mass is 374 g/mol. The first kappa shape index (κ1) is 18.7. The molecule has 1 N–H and O–H groups in total. The predicted molar refractivity (Wildman–Crippen MR) is 92.4 cm³/mol. The van der Waals surface area contributed by atoms with Gasteiger partial charge < -0.3 is 5.32 Å². The second-order valence-corrected chi connectivity index (χ2v) is 8.22. The summed E-state index contributed by atoms with van der Waals surface area (Å²) in [7, 11) is 0. The molecule has 1 amide bonds. The Hall–Kier alpha value is -1.08. The second kappa shape index (κ2) is 7.66. The van der Waals surface area contributed by atoms with Crippen molar-refractivity contribution >= 4 is 17.2 Å². The molecule has 0 aromatic carbocycles. The first-order valence-electron chi connectivity index (χ1n) is 9.00. The van der Waals surface area contributed by atoms with Crippen LogP contribution in [0.2, 0.25) is 0 Å². The highest BCUT2D eigenvalue weighted by molar-refractivity contribution is 7.10. The molecule has 2 heterocycles. The van der Waals surface area contributed by atoms with E-state index in [1.807, 2.05) is 6.92 Å². The first-order valence-corrected chi connectivity index (χ1v) is 9.88. The topological polar surface area (TPSA) is 32.3 Å². The van der Waals surface area contributed by atoms with Gasteiger partial charge in [0.05, 0.1) is 5.92 Å². The maximum Gasteiger partial charge on any atom is 0.392 e. The number of carbonyl (C=O) groups excluding carboxylic acids is 1. The number of halogens is 3. The van der Waals surface area contributed by atoms with E-state index in [1.54, 1.807) is 11.3 Å². The summed E-state index contributed by atoms with van der Waals surface area (Å²) in [6.07, 6.45) is -1.61. The Balaban J connectivity index is 1.53. The van der Waals surface area contributed by atoms with Gasteiger partial charge >= 0.3 is 6.18 Å². The smallest absolute Gasteiger partial charge is 0.354 e. The third kappa shape index (κ3) is 4.37. The highest BCUT2D eigenvalue weighted by Gasteiger charge is 2.48. The number of rotatable bonds is 4. The van der Waals surface area contributed by atoms with Gasteiger partial charge in [0.15, 0.2) is 0 Å². The lowest BCUT2D eigenvalue weighted by atomic mass is 9.78. The minimum atomic E-state index is -4.28. The molecule has 1 aromatic heterocycles. The average molecular weight is 374 g/mol. The lowest BCUT2D eigenvalue weighted by Gasteiger charge is -2.34. The summed E-state index contributed by atoms with van der Waals surface area (Å²) in [5.41, 5.74) is 1.33. The van der Waals surface area contributed by atoms with Gasteiger partial charge in [-0.15, -0.1) is 11.3 Å². The van der Waals surface area contributed by atoms with Crippen molar-refractivity contribution in [2.45, 2.75) is 57.8 Å². The third-order valence-corrected chi connectivity index (χ3v) is 6.58. The number of hydrogen-bond donors (Lipinski definition) is 1. The van der Waals surface area contributed by atoms with E-state index in [0.717, 1.165) is 19.5 Å². The normalized spacial score (nSPS) is 26.1. The van der Waals surface area contributed by atoms with E-state index in [2.05, 4.69) is 21.7 Å². The van der Waals surface area contributed by atoms with Crippen LogP contribution in [0, 0.1) is 11.8 Å². The number of fused-ring (bicyclic) bond motifs is 1. The minimum absolute atomic E-state index is 0.0736. The van der Waals surface area contributed by atoms with E-state index in [4.69, 9.17) is 0 Å². The summed E-state index contributed by atoms with van der Waals surface area (Å²) in [5.74, 6) is -2.84. The zero-order valence-electron chi connectivity index (χ0n) is 14.4. The van der Waals surface area contributed by atoms with Crippen molar-refractivity contribution < 1.29 is 18.0 Å². The van der Waals surface area contributed by atoms with E-state index < -0.39 is 23.9 Å². The van der Waals surface area contributed by atoms with Crippen molar-refractivity contribution in [3.05, 3.63) is 21.9 Å². The Bertz CT molecular complexity index is 601. The summed E-state index contributed by atoms with van der Waals surface area (Å²) in [6.45, 7) is 4.21. The molecule has 3 atom stereocenters. The molecule has 0 unspecified atom stereocenters. The van der Waals surface area contributed by atoms with Gasteiger partial charge in [0.1, 0.15) is 0 Å². The van der Waals surface area contributed by atoms with Crippen molar-refractivity contribution in [2.75, 3.05) is 13.1 Å². The van der Waals surface area contributed by atoms with Crippen molar-refractivity contribution in [1.82, 2.24) is 10.2 Å². The van der Waals surface area contributed by atoms with E-state index in [1.165, 1.54) is 10.4 Å². The lowest BCUT2D eigenvalue weighted by molar-refractivity contribution is -0.198. The highest BCUT2D eigenvalue weighted by Crippen LogP contribution is 2.41. The van der Waals surface area contributed by atoms with E-state index >= 15 is 0 Å². The Labute approximate surface area is 150 Å². The zero-order chi connectivity index (χ0) is 18.0. The third-order valence-electron chi connectivity index (χ3n) is 5.56. The van der Waals surface area contributed by atoms with Crippen LogP contribution in [0.5, 0.6) is 0 Å². The fourth-order valence-electron chi connectivity index (χ4n) is 3.99. The van der Waals surface area contributed by atoms with E-state index in [0.29, 0.717) is 25.8 Å². The summed E-state index contributed by atoms with van der Waals surface area (Å²) < 4.78 is 39.5. The highest BCUT2D eigenvalue weighted by atomic mass is 32.1. The molecule has 1 saturated carbocycles. The Kier molecular flexibility index (Phi) is 5.73. The Morgan fingerprint density at radius 1 is 1.40 bits per heavy atom. The Morgan fingerprint density at radius 3 is 2.92 bits per heavy atom. The van der Waals surface area contributed by atoms with Gasteiger partial charge in [-0.2, -0.15) is 13.2 Å². The maximum absolute atomic E-state index is 13.2. The van der Waals surface area contributed by atoms with Crippen LogP contribution in [-0.4, -0.2) is 36.1 Å². The van der Waals surface area contributed by atoms with Crippen LogP contribution < -0.4 is 5.32 Å². The molecule has 1 aliphatic heterocycles. The van der Waals surface area contributed by atoms with Gasteiger partial charge in [-0.25, -0.2) is 0 Å². The largest absolute Gasteiger partial charge is 0.392 e. The van der Waals surface area contributed by atoms with Gasteiger partial charge in [0, 0.05) is 36.5 Å². The number of carbonyl (C=O) groups is 1. The van der Waals surface area contributed by atoms with Gasteiger partial charge in [-0.3, -0.25) is 9.69 Å². The molecule has 1 aromatic rings. The van der Waals surface area contributed by atoms with Gasteiger partial charge in [-0.1, -0.05) is 12.8 Å². The number of amides is 1. The van der Waals surface area contributed by atoms with Crippen molar-refractivity contribution in [2.24, 2.45) is 11.8 Å². The summed E-state index contributed by atoms with van der Waals surface area (Å²) in [6, 6.07) is 2.25. The molecule has 2 aliphatic rings. The molecular formula is C18H25F3N2OS. The summed E-state index contributed by atoms with van der Waals surface area (Å²) >= 11 is 1.78. The van der Waals surface area contributed by atoms with Crippen LogP contribution in [0.3, 0.4) is 0 Å². The number of alkyl halides is 3. The minimum Gasteiger partial charge on any atom is -0.354 e. The number of nitrogens with one attached hydrogen (secondary N) is 1. The maximum atomic E-state index is 13.2. The fraction of sp³-hybridized carbons (Fsp3) is 0.722. The van der Waals surface area contributed by atoms with Crippen LogP contribution in [0.25, 0.3) is 0 Å². The molecular weight excluding hydrogens is 349 g/mol. The van der Waals surface area contributed by atoms with Crippen molar-refractivity contribution in [1.29, 1.82) is 0 Å². The molecule has 3 rings (SSSR count). The molecule has 25 heavy (non-hydrogen) atoms.